The smallest absolute Gasteiger partial charge is 0.306 e. The van der Waals surface area contributed by atoms with Gasteiger partial charge < -0.3 is 19.9 Å². The van der Waals surface area contributed by atoms with Crippen LogP contribution in [0.2, 0.25) is 0 Å². The maximum Gasteiger partial charge on any atom is 0.306 e. The van der Waals surface area contributed by atoms with Crippen molar-refractivity contribution in [1.29, 1.82) is 0 Å². The second-order valence-electron chi connectivity index (χ2n) is 3.50. The Morgan fingerprint density at radius 1 is 1.41 bits per heavy atom. The molecular formula is C12H17NO4. The van der Waals surface area contributed by atoms with Gasteiger partial charge in [-0.25, -0.2) is 0 Å². The summed E-state index contributed by atoms with van der Waals surface area (Å²) in [5.74, 6) is 0.534. The van der Waals surface area contributed by atoms with Crippen LogP contribution in [0, 0.1) is 0 Å². The van der Waals surface area contributed by atoms with E-state index in [4.69, 9.17) is 4.74 Å². The molecule has 0 aliphatic carbocycles. The third kappa shape index (κ3) is 4.32. The van der Waals surface area contributed by atoms with Crippen molar-refractivity contribution in [3.8, 4) is 11.5 Å². The minimum absolute atomic E-state index is 0.176. The number of carbonyl (C=O) groups is 1. The Morgan fingerprint density at radius 2 is 2.18 bits per heavy atom. The molecule has 94 valence electrons. The molecule has 0 saturated carbocycles. The van der Waals surface area contributed by atoms with Gasteiger partial charge in [0, 0.05) is 24.7 Å². The standard InChI is InChI=1S/C12H17NO4/c1-16-10-4-3-9(11(14)7-10)8-13-6-5-12(15)17-2/h3-4,7,13-14H,5-6,8H2,1-2H3. The molecule has 0 aliphatic rings. The van der Waals surface area contributed by atoms with Gasteiger partial charge in [-0.15, -0.1) is 0 Å². The van der Waals surface area contributed by atoms with Gasteiger partial charge in [0.1, 0.15) is 11.5 Å². The lowest BCUT2D eigenvalue weighted by Crippen LogP contribution is -2.18. The van der Waals surface area contributed by atoms with E-state index in [0.717, 1.165) is 5.56 Å². The largest absolute Gasteiger partial charge is 0.507 e. The normalized spacial score (nSPS) is 10.0. The molecule has 1 rings (SSSR count). The van der Waals surface area contributed by atoms with Gasteiger partial charge in [-0.05, 0) is 6.07 Å². The molecular weight excluding hydrogens is 222 g/mol. The van der Waals surface area contributed by atoms with Crippen molar-refractivity contribution >= 4 is 5.97 Å². The number of methoxy groups -OCH3 is 2. The van der Waals surface area contributed by atoms with Crippen LogP contribution < -0.4 is 10.1 Å². The zero-order valence-electron chi connectivity index (χ0n) is 10.0. The first-order chi connectivity index (χ1) is 8.17. The fraction of sp³-hybridized carbons (Fsp3) is 0.417. The molecule has 0 unspecified atom stereocenters. The van der Waals surface area contributed by atoms with Crippen LogP contribution in [0.25, 0.3) is 0 Å². The number of hydrogen-bond acceptors (Lipinski definition) is 5. The minimum atomic E-state index is -0.253. The van der Waals surface area contributed by atoms with E-state index in [-0.39, 0.29) is 11.7 Å². The van der Waals surface area contributed by atoms with Gasteiger partial charge in [-0.2, -0.15) is 0 Å². The third-order valence-electron chi connectivity index (χ3n) is 2.34. The van der Waals surface area contributed by atoms with E-state index in [2.05, 4.69) is 10.1 Å². The van der Waals surface area contributed by atoms with Gasteiger partial charge in [0.05, 0.1) is 20.6 Å². The van der Waals surface area contributed by atoms with E-state index in [1.165, 1.54) is 7.11 Å². The number of carbonyl (C=O) groups excluding carboxylic acids is 1. The van der Waals surface area contributed by atoms with E-state index in [0.29, 0.717) is 25.3 Å². The number of hydrogen-bond donors (Lipinski definition) is 2. The molecule has 17 heavy (non-hydrogen) atoms. The van der Waals surface area contributed by atoms with Crippen molar-refractivity contribution in [3.05, 3.63) is 23.8 Å². The molecule has 0 spiro atoms. The lowest BCUT2D eigenvalue weighted by Gasteiger charge is -2.07. The maximum absolute atomic E-state index is 10.8. The van der Waals surface area contributed by atoms with Crippen molar-refractivity contribution in [1.82, 2.24) is 5.32 Å². The molecule has 0 radical (unpaired) electrons. The van der Waals surface area contributed by atoms with Gasteiger partial charge in [0.15, 0.2) is 0 Å². The Bertz CT molecular complexity index is 379. The summed E-state index contributed by atoms with van der Waals surface area (Å²) in [5, 5.41) is 12.7. The van der Waals surface area contributed by atoms with Gasteiger partial charge in [-0.1, -0.05) is 6.07 Å². The molecule has 0 heterocycles. The molecule has 0 aliphatic heterocycles. The van der Waals surface area contributed by atoms with E-state index in [1.807, 2.05) is 0 Å². The minimum Gasteiger partial charge on any atom is -0.507 e. The first-order valence-electron chi connectivity index (χ1n) is 5.30. The van der Waals surface area contributed by atoms with Crippen LogP contribution >= 0.6 is 0 Å². The highest BCUT2D eigenvalue weighted by molar-refractivity contribution is 5.69. The van der Waals surface area contributed by atoms with Gasteiger partial charge in [-0.3, -0.25) is 4.79 Å². The highest BCUT2D eigenvalue weighted by atomic mass is 16.5. The Morgan fingerprint density at radius 3 is 2.76 bits per heavy atom. The van der Waals surface area contributed by atoms with Crippen LogP contribution in [0.15, 0.2) is 18.2 Å². The fourth-order valence-electron chi connectivity index (χ4n) is 1.34. The van der Waals surface area contributed by atoms with E-state index in [1.54, 1.807) is 25.3 Å². The molecule has 1 aromatic rings. The number of nitrogens with one attached hydrogen (secondary N) is 1. The first-order valence-corrected chi connectivity index (χ1v) is 5.30. The van der Waals surface area contributed by atoms with Crippen molar-refractivity contribution in [2.75, 3.05) is 20.8 Å². The highest BCUT2D eigenvalue weighted by Crippen LogP contribution is 2.22. The zero-order valence-corrected chi connectivity index (χ0v) is 10.0. The average Bonchev–Trinajstić information content (AvgIpc) is 2.35. The summed E-state index contributed by atoms with van der Waals surface area (Å²) in [6, 6.07) is 5.10. The predicted octanol–water partition coefficient (Wildman–Crippen LogP) is 1.05. The first kappa shape index (κ1) is 13.3. The molecule has 0 amide bonds. The Balaban J connectivity index is 2.39. The van der Waals surface area contributed by atoms with Crippen LogP contribution in [0.4, 0.5) is 0 Å². The third-order valence-corrected chi connectivity index (χ3v) is 2.34. The van der Waals surface area contributed by atoms with Crippen LogP contribution in [0.1, 0.15) is 12.0 Å². The molecule has 0 aromatic heterocycles. The van der Waals surface area contributed by atoms with E-state index < -0.39 is 0 Å². The zero-order chi connectivity index (χ0) is 12.7. The van der Waals surface area contributed by atoms with Gasteiger partial charge in [0.2, 0.25) is 0 Å². The number of rotatable bonds is 6. The molecule has 0 bridgehead atoms. The Labute approximate surface area is 100 Å². The lowest BCUT2D eigenvalue weighted by atomic mass is 10.2. The van der Waals surface area contributed by atoms with Crippen LogP contribution in [0.3, 0.4) is 0 Å². The van der Waals surface area contributed by atoms with E-state index in [9.17, 15) is 9.90 Å². The lowest BCUT2D eigenvalue weighted by molar-refractivity contribution is -0.140. The van der Waals surface area contributed by atoms with Crippen molar-refractivity contribution < 1.29 is 19.4 Å². The molecule has 0 saturated heterocycles. The topological polar surface area (TPSA) is 67.8 Å². The summed E-state index contributed by atoms with van der Waals surface area (Å²) in [5.41, 5.74) is 0.760. The van der Waals surface area contributed by atoms with Gasteiger partial charge >= 0.3 is 5.97 Å². The Kier molecular flexibility index (Phi) is 5.29. The van der Waals surface area contributed by atoms with Crippen molar-refractivity contribution in [3.63, 3.8) is 0 Å². The molecule has 1 aromatic carbocycles. The number of phenolic OH excluding ortho intramolecular Hbond substituents is 1. The number of phenols is 1. The fourth-order valence-corrected chi connectivity index (χ4v) is 1.34. The number of esters is 1. The monoisotopic (exact) mass is 239 g/mol. The predicted molar refractivity (Wildman–Crippen MR) is 63.0 cm³/mol. The van der Waals surface area contributed by atoms with Crippen molar-refractivity contribution in [2.24, 2.45) is 0 Å². The molecule has 5 heteroatoms. The highest BCUT2D eigenvalue weighted by Gasteiger charge is 2.03. The van der Waals surface area contributed by atoms with Crippen LogP contribution in [-0.2, 0) is 16.1 Å². The molecule has 0 fully saturated rings. The number of aromatic hydroxyl groups is 1. The summed E-state index contributed by atoms with van der Waals surface area (Å²) in [4.78, 5) is 10.8. The quantitative estimate of drug-likeness (QED) is 0.574. The van der Waals surface area contributed by atoms with Crippen molar-refractivity contribution in [2.45, 2.75) is 13.0 Å². The van der Waals surface area contributed by atoms with Gasteiger partial charge in [0.25, 0.3) is 0 Å². The number of benzene rings is 1. The summed E-state index contributed by atoms with van der Waals surface area (Å²) in [6.45, 7) is 1.00. The molecule has 5 nitrogen and oxygen atoms in total. The SMILES string of the molecule is COC(=O)CCNCc1ccc(OC)cc1O. The maximum atomic E-state index is 10.8. The molecule has 0 atom stereocenters. The molecule has 2 N–H and O–H groups in total. The Hall–Kier alpha value is -1.75. The average molecular weight is 239 g/mol. The summed E-state index contributed by atoms with van der Waals surface area (Å²) >= 11 is 0. The van der Waals surface area contributed by atoms with E-state index >= 15 is 0 Å². The summed E-state index contributed by atoms with van der Waals surface area (Å²) in [6.07, 6.45) is 0.313. The number of ether oxygens (including phenoxy) is 2. The van der Waals surface area contributed by atoms with Crippen LogP contribution in [-0.4, -0.2) is 31.8 Å². The second-order valence-corrected chi connectivity index (χ2v) is 3.50. The second kappa shape index (κ2) is 6.75. The summed E-state index contributed by atoms with van der Waals surface area (Å²) < 4.78 is 9.49. The van der Waals surface area contributed by atoms with Crippen LogP contribution in [0.5, 0.6) is 11.5 Å². The summed E-state index contributed by atoms with van der Waals surface area (Å²) in [7, 11) is 2.90.